The Balaban J connectivity index is 1.01. The van der Waals surface area contributed by atoms with E-state index in [1.54, 1.807) is 6.07 Å². The Hall–Kier alpha value is -2.71. The molecule has 2 atom stereocenters. The van der Waals surface area contributed by atoms with Crippen LogP contribution in [0.5, 0.6) is 5.88 Å². The Morgan fingerprint density at radius 1 is 1.06 bits per heavy atom. The fraction of sp³-hybridized carbons (Fsp3) is 0.538. The fourth-order valence-corrected chi connectivity index (χ4v) is 5.28. The number of rotatable bonds is 8. The molecule has 0 radical (unpaired) electrons. The number of hydrogen-bond acceptors (Lipinski definition) is 7. The third kappa shape index (κ3) is 4.88. The van der Waals surface area contributed by atoms with Crippen LogP contribution in [0.25, 0.3) is 11.0 Å². The molecule has 2 aliphatic heterocycles. The number of piperidine rings is 1. The molecular formula is C26H32FN5O2. The molecule has 4 heterocycles. The maximum absolute atomic E-state index is 13.8. The van der Waals surface area contributed by atoms with Crippen molar-refractivity contribution >= 4 is 16.8 Å². The standard InChI is InChI=1S/C26H32FN5O2/c27-20-7-9-24-23(12-20)26(30-34-24)32-11-10-31-15-19(6-8-22(31)16-32)17-33-25-3-1-2-21(29-25)14-28-13-18-4-5-18/h1-3,7,9,12,18-19,22,28H,4-6,8,10-11,13-17H2/t19-,22-/m0/s1. The quantitative estimate of drug-likeness (QED) is 0.542. The maximum atomic E-state index is 13.8. The number of ether oxygens (including phenoxy) is 1. The zero-order valence-corrected chi connectivity index (χ0v) is 19.5. The maximum Gasteiger partial charge on any atom is 0.213 e. The molecule has 0 spiro atoms. The van der Waals surface area contributed by atoms with Crippen molar-refractivity contribution in [2.24, 2.45) is 11.8 Å². The van der Waals surface area contributed by atoms with Crippen LogP contribution >= 0.6 is 0 Å². The Labute approximate surface area is 199 Å². The number of nitrogens with zero attached hydrogens (tertiary/aromatic N) is 4. The average molecular weight is 466 g/mol. The van der Waals surface area contributed by atoms with Gasteiger partial charge >= 0.3 is 0 Å². The van der Waals surface area contributed by atoms with Crippen molar-refractivity contribution in [2.45, 2.75) is 38.3 Å². The van der Waals surface area contributed by atoms with E-state index in [9.17, 15) is 4.39 Å². The zero-order valence-electron chi connectivity index (χ0n) is 19.5. The van der Waals surface area contributed by atoms with Crippen LogP contribution in [0.1, 0.15) is 31.4 Å². The van der Waals surface area contributed by atoms with Crippen molar-refractivity contribution in [2.75, 3.05) is 44.2 Å². The summed E-state index contributed by atoms with van der Waals surface area (Å²) in [7, 11) is 0. The topological polar surface area (TPSA) is 66.7 Å². The van der Waals surface area contributed by atoms with Crippen molar-refractivity contribution in [3.8, 4) is 5.88 Å². The molecule has 0 bridgehead atoms. The zero-order chi connectivity index (χ0) is 22.9. The highest BCUT2D eigenvalue weighted by Gasteiger charge is 2.34. The van der Waals surface area contributed by atoms with E-state index in [0.717, 1.165) is 80.8 Å². The van der Waals surface area contributed by atoms with Crippen molar-refractivity contribution in [1.29, 1.82) is 0 Å². The second-order valence-corrected chi connectivity index (χ2v) is 10.0. The lowest BCUT2D eigenvalue weighted by Crippen LogP contribution is -2.57. The average Bonchev–Trinajstić information content (AvgIpc) is 3.59. The highest BCUT2D eigenvalue weighted by Crippen LogP contribution is 2.32. The lowest BCUT2D eigenvalue weighted by Gasteiger charge is -2.46. The van der Waals surface area contributed by atoms with Gasteiger partial charge in [0, 0.05) is 50.7 Å². The Bertz CT molecular complexity index is 1130. The minimum Gasteiger partial charge on any atom is -0.477 e. The number of fused-ring (bicyclic) bond motifs is 2. The predicted molar refractivity (Wildman–Crippen MR) is 128 cm³/mol. The Morgan fingerprint density at radius 3 is 2.88 bits per heavy atom. The first-order valence-electron chi connectivity index (χ1n) is 12.5. The molecule has 1 aliphatic carbocycles. The summed E-state index contributed by atoms with van der Waals surface area (Å²) in [6, 6.07) is 11.1. The van der Waals surface area contributed by atoms with Gasteiger partial charge in [-0.25, -0.2) is 9.37 Å². The fourth-order valence-electron chi connectivity index (χ4n) is 5.28. The van der Waals surface area contributed by atoms with Gasteiger partial charge in [0.1, 0.15) is 5.82 Å². The first-order valence-corrected chi connectivity index (χ1v) is 12.5. The van der Waals surface area contributed by atoms with E-state index >= 15 is 0 Å². The highest BCUT2D eigenvalue weighted by molar-refractivity contribution is 5.88. The molecule has 1 saturated carbocycles. The number of benzene rings is 1. The van der Waals surface area contributed by atoms with Crippen LogP contribution < -0.4 is 15.0 Å². The number of halogens is 1. The lowest BCUT2D eigenvalue weighted by atomic mass is 9.91. The first-order chi connectivity index (χ1) is 16.7. The molecule has 180 valence electrons. The molecule has 34 heavy (non-hydrogen) atoms. The minimum absolute atomic E-state index is 0.259. The van der Waals surface area contributed by atoms with E-state index in [-0.39, 0.29) is 5.82 Å². The summed E-state index contributed by atoms with van der Waals surface area (Å²) in [6.07, 6.45) is 4.97. The van der Waals surface area contributed by atoms with E-state index in [1.807, 2.05) is 12.1 Å². The predicted octanol–water partition coefficient (Wildman–Crippen LogP) is 3.84. The van der Waals surface area contributed by atoms with Crippen molar-refractivity contribution in [3.63, 3.8) is 0 Å². The molecule has 2 saturated heterocycles. The summed E-state index contributed by atoms with van der Waals surface area (Å²) in [6.45, 7) is 6.35. The SMILES string of the molecule is Fc1ccc2onc(N3CCN4C[C@@H](COc5cccc(CNCC6CC6)n5)CC[C@H]4C3)c2c1. The number of piperazine rings is 1. The van der Waals surface area contributed by atoms with E-state index in [0.29, 0.717) is 24.1 Å². The summed E-state index contributed by atoms with van der Waals surface area (Å²) in [5.74, 6) is 2.60. The number of nitrogens with one attached hydrogen (secondary N) is 1. The molecule has 0 unspecified atom stereocenters. The van der Waals surface area contributed by atoms with E-state index in [4.69, 9.17) is 9.26 Å². The summed E-state index contributed by atoms with van der Waals surface area (Å²) in [5, 5.41) is 8.50. The molecule has 7 nitrogen and oxygen atoms in total. The molecule has 3 aliphatic rings. The third-order valence-corrected chi connectivity index (χ3v) is 7.40. The third-order valence-electron chi connectivity index (χ3n) is 7.40. The number of aromatic nitrogens is 2. The first kappa shape index (κ1) is 21.8. The second kappa shape index (κ2) is 9.50. The van der Waals surface area contributed by atoms with Crippen LogP contribution in [-0.2, 0) is 6.54 Å². The smallest absolute Gasteiger partial charge is 0.213 e. The summed E-state index contributed by atoms with van der Waals surface area (Å²) in [4.78, 5) is 9.50. The second-order valence-electron chi connectivity index (χ2n) is 10.0. The molecule has 1 aromatic carbocycles. The normalized spacial score (nSPS) is 23.3. The molecule has 2 aromatic heterocycles. The minimum atomic E-state index is -0.259. The molecule has 1 N–H and O–H groups in total. The number of hydrogen-bond donors (Lipinski definition) is 1. The van der Waals surface area contributed by atoms with E-state index in [1.165, 1.54) is 25.0 Å². The highest BCUT2D eigenvalue weighted by atomic mass is 19.1. The van der Waals surface area contributed by atoms with Gasteiger partial charge in [-0.1, -0.05) is 11.2 Å². The van der Waals surface area contributed by atoms with Gasteiger partial charge in [-0.2, -0.15) is 0 Å². The molecule has 6 rings (SSSR count). The largest absolute Gasteiger partial charge is 0.477 e. The molecule has 8 heteroatoms. The Morgan fingerprint density at radius 2 is 1.97 bits per heavy atom. The van der Waals surface area contributed by atoms with E-state index < -0.39 is 0 Å². The number of pyridine rings is 1. The van der Waals surface area contributed by atoms with Crippen LogP contribution in [0.4, 0.5) is 10.2 Å². The Kier molecular flexibility index (Phi) is 6.09. The van der Waals surface area contributed by atoms with Crippen molar-refractivity contribution in [3.05, 3.63) is 47.9 Å². The van der Waals surface area contributed by atoms with Crippen molar-refractivity contribution in [1.82, 2.24) is 20.4 Å². The van der Waals surface area contributed by atoms with Crippen LogP contribution in [-0.4, -0.2) is 60.4 Å². The van der Waals surface area contributed by atoms with Gasteiger partial charge in [0.25, 0.3) is 0 Å². The van der Waals surface area contributed by atoms with Gasteiger partial charge in [0.05, 0.1) is 17.7 Å². The van der Waals surface area contributed by atoms with E-state index in [2.05, 4.69) is 31.3 Å². The van der Waals surface area contributed by atoms with Gasteiger partial charge in [-0.15, -0.1) is 0 Å². The molecule has 3 aromatic rings. The van der Waals surface area contributed by atoms with Gasteiger partial charge in [0.2, 0.25) is 5.88 Å². The summed E-state index contributed by atoms with van der Waals surface area (Å²) in [5.41, 5.74) is 1.68. The van der Waals surface area contributed by atoms with Crippen LogP contribution in [0.15, 0.2) is 40.9 Å². The molecule has 0 amide bonds. The monoisotopic (exact) mass is 465 g/mol. The van der Waals surface area contributed by atoms with Gasteiger partial charge in [-0.3, -0.25) is 4.90 Å². The van der Waals surface area contributed by atoms with Crippen molar-refractivity contribution < 1.29 is 13.7 Å². The molecule has 3 fully saturated rings. The van der Waals surface area contributed by atoms with Gasteiger partial charge < -0.3 is 19.5 Å². The van der Waals surface area contributed by atoms with Crippen LogP contribution in [0.2, 0.25) is 0 Å². The number of anilines is 1. The van der Waals surface area contributed by atoms with Crippen LogP contribution in [0, 0.1) is 17.7 Å². The van der Waals surface area contributed by atoms with Crippen LogP contribution in [0.3, 0.4) is 0 Å². The summed E-state index contributed by atoms with van der Waals surface area (Å²) >= 11 is 0. The lowest BCUT2D eigenvalue weighted by molar-refractivity contribution is 0.0716. The van der Waals surface area contributed by atoms with Gasteiger partial charge in [0.15, 0.2) is 11.4 Å². The summed E-state index contributed by atoms with van der Waals surface area (Å²) < 4.78 is 25.3. The van der Waals surface area contributed by atoms with Gasteiger partial charge in [-0.05, 0) is 62.4 Å². The molecular weight excluding hydrogens is 433 g/mol.